The Morgan fingerprint density at radius 2 is 0.630 bits per heavy atom. The van der Waals surface area contributed by atoms with Crippen molar-refractivity contribution in [1.82, 2.24) is 0 Å². The van der Waals surface area contributed by atoms with Crippen LogP contribution in [-0.4, -0.2) is 0 Å². The second kappa shape index (κ2) is 10.9. The molecule has 0 saturated heterocycles. The van der Waals surface area contributed by atoms with Gasteiger partial charge in [-0.15, -0.1) is 0 Å². The first-order chi connectivity index (χ1) is 22.8. The molecule has 0 unspecified atom stereocenters. The van der Waals surface area contributed by atoms with E-state index >= 15 is 0 Å². The van der Waals surface area contributed by atoms with Crippen molar-refractivity contribution in [1.29, 1.82) is 0 Å². The van der Waals surface area contributed by atoms with Gasteiger partial charge in [0.05, 0.1) is 0 Å². The van der Waals surface area contributed by atoms with Gasteiger partial charge in [0.25, 0.3) is 0 Å². The molecule has 0 bridgehead atoms. The van der Waals surface area contributed by atoms with E-state index in [0.717, 1.165) is 0 Å². The van der Waals surface area contributed by atoms with Crippen LogP contribution in [0, 0.1) is 0 Å². The molecule has 0 spiro atoms. The second-order valence-electron chi connectivity index (χ2n) is 12.1. The molecule has 0 fully saturated rings. The number of fused-ring (bicyclic) bond motifs is 4. The van der Waals surface area contributed by atoms with Gasteiger partial charge in [0.2, 0.25) is 0 Å². The first kappa shape index (κ1) is 26.4. The fraction of sp³-hybridized carbons (Fsp3) is 0. The van der Waals surface area contributed by atoms with Crippen LogP contribution in [0.3, 0.4) is 0 Å². The molecule has 0 aliphatic heterocycles. The molecule has 0 amide bonds. The molecule has 0 aliphatic rings. The quantitative estimate of drug-likeness (QED) is 0.181. The molecule has 0 heterocycles. The van der Waals surface area contributed by atoms with E-state index in [1.165, 1.54) is 87.6 Å². The van der Waals surface area contributed by atoms with Crippen LogP contribution in [0.5, 0.6) is 0 Å². The lowest BCUT2D eigenvalue weighted by Crippen LogP contribution is -1.92. The second-order valence-corrected chi connectivity index (χ2v) is 12.1. The Morgan fingerprint density at radius 1 is 0.217 bits per heavy atom. The highest BCUT2D eigenvalue weighted by Gasteiger charge is 2.19. The van der Waals surface area contributed by atoms with Crippen LogP contribution >= 0.6 is 0 Å². The zero-order valence-electron chi connectivity index (χ0n) is 25.3. The summed E-state index contributed by atoms with van der Waals surface area (Å²) in [4.78, 5) is 0. The molecule has 214 valence electrons. The smallest absolute Gasteiger partial charge is 0.00201 e. The zero-order chi connectivity index (χ0) is 30.5. The molecule has 9 rings (SSSR count). The molecule has 9 aromatic rings. The van der Waals surface area contributed by atoms with E-state index < -0.39 is 0 Å². The average molecular weight is 583 g/mol. The molecular weight excluding hydrogens is 553 g/mol. The lowest BCUT2D eigenvalue weighted by molar-refractivity contribution is 1.64. The van der Waals surface area contributed by atoms with Crippen molar-refractivity contribution in [3.8, 4) is 44.5 Å². The SMILES string of the molecule is c1ccc(-c2ccc3cc(-c4c5ccccc5c(-c5ccc(-c6ccccc6)c6ccccc56)c5ccccc45)ccc3c2)cc1. The van der Waals surface area contributed by atoms with Crippen LogP contribution in [0.4, 0.5) is 0 Å². The van der Waals surface area contributed by atoms with Gasteiger partial charge in [0.15, 0.2) is 0 Å². The normalized spacial score (nSPS) is 11.5. The fourth-order valence-corrected chi connectivity index (χ4v) is 7.33. The van der Waals surface area contributed by atoms with Gasteiger partial charge < -0.3 is 0 Å². The van der Waals surface area contributed by atoms with Crippen molar-refractivity contribution in [3.63, 3.8) is 0 Å². The Labute approximate surface area is 268 Å². The average Bonchev–Trinajstić information content (AvgIpc) is 3.14. The predicted molar refractivity (Wildman–Crippen MR) is 198 cm³/mol. The highest BCUT2D eigenvalue weighted by atomic mass is 14.2. The monoisotopic (exact) mass is 582 g/mol. The van der Waals surface area contributed by atoms with Crippen LogP contribution in [0.25, 0.3) is 87.6 Å². The van der Waals surface area contributed by atoms with Gasteiger partial charge in [0, 0.05) is 0 Å². The van der Waals surface area contributed by atoms with Gasteiger partial charge >= 0.3 is 0 Å². The van der Waals surface area contributed by atoms with Gasteiger partial charge in [-0.05, 0) is 99.7 Å². The van der Waals surface area contributed by atoms with Crippen LogP contribution in [0.2, 0.25) is 0 Å². The van der Waals surface area contributed by atoms with E-state index in [0.29, 0.717) is 0 Å². The van der Waals surface area contributed by atoms with Crippen LogP contribution < -0.4 is 0 Å². The summed E-state index contributed by atoms with van der Waals surface area (Å²) in [7, 11) is 0. The third-order valence-corrected chi connectivity index (χ3v) is 9.45. The molecule has 0 aliphatic carbocycles. The third kappa shape index (κ3) is 4.30. The number of hydrogen-bond donors (Lipinski definition) is 0. The Kier molecular flexibility index (Phi) is 6.25. The predicted octanol–water partition coefficient (Wildman–Crippen LogP) is 13.0. The lowest BCUT2D eigenvalue weighted by Gasteiger charge is -2.20. The fourth-order valence-electron chi connectivity index (χ4n) is 7.33. The molecule has 0 atom stereocenters. The van der Waals surface area contributed by atoms with Crippen molar-refractivity contribution in [2.75, 3.05) is 0 Å². The summed E-state index contributed by atoms with van der Waals surface area (Å²) in [5.74, 6) is 0. The summed E-state index contributed by atoms with van der Waals surface area (Å²) in [6, 6.07) is 66.5. The minimum atomic E-state index is 1.24. The number of benzene rings is 9. The van der Waals surface area contributed by atoms with Crippen molar-refractivity contribution in [2.24, 2.45) is 0 Å². The van der Waals surface area contributed by atoms with E-state index in [-0.39, 0.29) is 0 Å². The van der Waals surface area contributed by atoms with Crippen LogP contribution in [0.1, 0.15) is 0 Å². The van der Waals surface area contributed by atoms with Crippen molar-refractivity contribution in [3.05, 3.63) is 182 Å². The van der Waals surface area contributed by atoms with Gasteiger partial charge in [-0.25, -0.2) is 0 Å². The summed E-state index contributed by atoms with van der Waals surface area (Å²) >= 11 is 0. The molecule has 46 heavy (non-hydrogen) atoms. The largest absolute Gasteiger partial charge is 0.0622 e. The van der Waals surface area contributed by atoms with Gasteiger partial charge in [0.1, 0.15) is 0 Å². The van der Waals surface area contributed by atoms with Gasteiger partial charge in [-0.3, -0.25) is 0 Å². The third-order valence-electron chi connectivity index (χ3n) is 9.45. The minimum absolute atomic E-state index is 1.24. The van der Waals surface area contributed by atoms with Gasteiger partial charge in [-0.1, -0.05) is 170 Å². The maximum absolute atomic E-state index is 2.36. The summed E-state index contributed by atoms with van der Waals surface area (Å²) in [6.45, 7) is 0. The molecule has 0 nitrogen and oxygen atoms in total. The lowest BCUT2D eigenvalue weighted by atomic mass is 9.83. The van der Waals surface area contributed by atoms with Crippen LogP contribution in [-0.2, 0) is 0 Å². The molecule has 0 heteroatoms. The maximum Gasteiger partial charge on any atom is -0.00201 e. The molecule has 0 aromatic heterocycles. The van der Waals surface area contributed by atoms with Crippen LogP contribution in [0.15, 0.2) is 182 Å². The highest BCUT2D eigenvalue weighted by Crippen LogP contribution is 2.46. The molecule has 0 radical (unpaired) electrons. The molecule has 0 saturated carbocycles. The van der Waals surface area contributed by atoms with Crippen molar-refractivity contribution < 1.29 is 0 Å². The Balaban J connectivity index is 1.29. The van der Waals surface area contributed by atoms with Crippen molar-refractivity contribution in [2.45, 2.75) is 0 Å². The summed E-state index contributed by atoms with van der Waals surface area (Å²) < 4.78 is 0. The summed E-state index contributed by atoms with van der Waals surface area (Å²) in [6.07, 6.45) is 0. The Hall–Kier alpha value is -5.98. The van der Waals surface area contributed by atoms with Crippen molar-refractivity contribution >= 4 is 43.1 Å². The summed E-state index contributed by atoms with van der Waals surface area (Å²) in [5.41, 5.74) is 10.1. The Morgan fingerprint density at radius 3 is 1.22 bits per heavy atom. The van der Waals surface area contributed by atoms with E-state index in [9.17, 15) is 0 Å². The van der Waals surface area contributed by atoms with E-state index in [1.807, 2.05) is 0 Å². The molecular formula is C46H30. The van der Waals surface area contributed by atoms with E-state index in [4.69, 9.17) is 0 Å². The number of rotatable bonds is 4. The topological polar surface area (TPSA) is 0 Å². The summed E-state index contributed by atoms with van der Waals surface area (Å²) in [5, 5.41) is 10.1. The van der Waals surface area contributed by atoms with Gasteiger partial charge in [-0.2, -0.15) is 0 Å². The number of hydrogen-bond acceptors (Lipinski definition) is 0. The Bertz CT molecular complexity index is 2500. The first-order valence-corrected chi connectivity index (χ1v) is 15.9. The standard InChI is InChI=1S/C46H30/c1-3-13-31(14-4-1)33-23-24-35-30-36(26-25-34(35)29-33)45-40-19-9-11-21-42(40)46(43-22-12-10-20-41(43)45)44-28-27-37(32-15-5-2-6-16-32)38-17-7-8-18-39(38)44/h1-30H. The highest BCUT2D eigenvalue weighted by molar-refractivity contribution is 6.24. The maximum atomic E-state index is 2.36. The minimum Gasteiger partial charge on any atom is -0.0622 e. The molecule has 9 aromatic carbocycles. The zero-order valence-corrected chi connectivity index (χ0v) is 25.3. The van der Waals surface area contributed by atoms with E-state index in [2.05, 4.69) is 182 Å². The molecule has 0 N–H and O–H groups in total. The van der Waals surface area contributed by atoms with E-state index in [1.54, 1.807) is 0 Å². The first-order valence-electron chi connectivity index (χ1n) is 15.9.